The minimum atomic E-state index is -0.853. The Morgan fingerprint density at radius 3 is 2.25 bits per heavy atom. The number of aromatic hydroxyl groups is 2. The van der Waals surface area contributed by atoms with Crippen LogP contribution in [0.1, 0.15) is 42.4 Å². The molecule has 1 aromatic carbocycles. The van der Waals surface area contributed by atoms with Crippen molar-refractivity contribution in [3.8, 4) is 29.4 Å². The molecule has 0 fully saturated rings. The van der Waals surface area contributed by atoms with Crippen molar-refractivity contribution >= 4 is 34.7 Å². The quantitative estimate of drug-likeness (QED) is 0.405. The smallest absolute Gasteiger partial charge is 0.408 e. The highest BCUT2D eigenvalue weighted by Crippen LogP contribution is 2.41. The molecule has 0 aliphatic heterocycles. The number of fused-ring (bicyclic) bond motifs is 1. The zero-order valence-corrected chi connectivity index (χ0v) is 18.7. The van der Waals surface area contributed by atoms with E-state index in [9.17, 15) is 20.1 Å². The first-order valence-electron chi connectivity index (χ1n) is 8.99. The first-order valence-corrected chi connectivity index (χ1v) is 9.75. The lowest BCUT2D eigenvalue weighted by Crippen LogP contribution is -2.34. The van der Waals surface area contributed by atoms with Crippen molar-refractivity contribution in [2.24, 2.45) is 0 Å². The van der Waals surface area contributed by atoms with E-state index < -0.39 is 44.2 Å². The molecule has 0 aliphatic carbocycles. The van der Waals surface area contributed by atoms with Crippen molar-refractivity contribution < 1.29 is 29.3 Å². The summed E-state index contributed by atoms with van der Waals surface area (Å²) < 4.78 is 6.91. The van der Waals surface area contributed by atoms with Crippen molar-refractivity contribution in [1.82, 2.24) is 0 Å². The Balaban J connectivity index is 0.000000235. The number of rotatable bonds is 1. The predicted octanol–water partition coefficient (Wildman–Crippen LogP) is 3.60. The summed E-state index contributed by atoms with van der Waals surface area (Å²) in [5.41, 5.74) is -0.591. The Morgan fingerprint density at radius 2 is 1.69 bits per heavy atom. The minimum Gasteiger partial charge on any atom is -0.871 e. The molecule has 10 heteroatoms. The number of carbonyl (C=O) groups excluding carboxylic acids is 1. The van der Waals surface area contributed by atoms with Gasteiger partial charge in [-0.1, -0.05) is 29.0 Å². The van der Waals surface area contributed by atoms with Crippen LogP contribution in [0.5, 0.6) is 17.2 Å². The van der Waals surface area contributed by atoms with E-state index in [2.05, 4.69) is 0 Å². The number of ether oxygens (including phenoxy) is 1. The third-order valence-corrected chi connectivity index (χ3v) is 4.74. The Labute approximate surface area is 193 Å². The number of halogens is 2. The highest BCUT2D eigenvalue weighted by atomic mass is 35.5. The maximum atomic E-state index is 12.1. The summed E-state index contributed by atoms with van der Waals surface area (Å²) in [4.78, 5) is 12.1. The van der Waals surface area contributed by atoms with E-state index in [-0.39, 0.29) is 11.4 Å². The average Bonchev–Trinajstić information content (AvgIpc) is 2.73. The Morgan fingerprint density at radius 1 is 1.06 bits per heavy atom. The van der Waals surface area contributed by atoms with Crippen LogP contribution in [0.4, 0.5) is 0 Å². The first kappa shape index (κ1) is 24.5. The number of nitriles is 2. The van der Waals surface area contributed by atoms with Crippen LogP contribution >= 0.6 is 23.2 Å². The Kier molecular flexibility index (Phi) is 7.37. The maximum Gasteiger partial charge on any atom is 0.408 e. The summed E-state index contributed by atoms with van der Waals surface area (Å²) in [7, 11) is 0. The number of benzene rings is 1. The number of carbonyl (C=O) groups is 1. The van der Waals surface area contributed by atoms with Gasteiger partial charge in [0.2, 0.25) is 5.52 Å². The predicted molar refractivity (Wildman–Crippen MR) is 113 cm³/mol. The van der Waals surface area contributed by atoms with Gasteiger partial charge in [-0.15, -0.1) is 0 Å². The number of hydrogen-bond acceptors (Lipinski definition) is 7. The summed E-state index contributed by atoms with van der Waals surface area (Å²) in [6, 6.07) is 11.7. The van der Waals surface area contributed by atoms with Crippen LogP contribution in [-0.4, -0.2) is 21.8 Å². The largest absolute Gasteiger partial charge is 0.871 e. The number of hydrogen-bond donors (Lipinski definition) is 2. The van der Waals surface area contributed by atoms with Gasteiger partial charge in [0, 0.05) is 18.2 Å². The lowest BCUT2D eigenvalue weighted by atomic mass is 10.1. The van der Waals surface area contributed by atoms with Gasteiger partial charge in [-0.3, -0.25) is 0 Å². The fourth-order valence-electron chi connectivity index (χ4n) is 2.56. The van der Waals surface area contributed by atoms with Gasteiger partial charge in [0.25, 0.3) is 0 Å². The monoisotopic (exact) mass is 473 g/mol. The second-order valence-electron chi connectivity index (χ2n) is 7.34. The number of phenols is 1. The molecule has 3 aromatic rings. The molecule has 0 aliphatic rings. The standard InChI is InChI=1S/C14H15NO3.C8H2Cl2N2O2/c1-14(2,3)18-13(17)12-11(16)8-7-10-6-4-5-9-15(10)12;9-5-6(10)8(14)4(2-12)3(1-11)7(5)13/h4-9H,1-3H3;13-14H. The third kappa shape index (κ3) is 5.12. The van der Waals surface area contributed by atoms with E-state index in [1.54, 1.807) is 43.5 Å². The van der Waals surface area contributed by atoms with Crippen LogP contribution in [0.15, 0.2) is 36.5 Å². The number of aromatic nitrogens is 1. The van der Waals surface area contributed by atoms with Crippen LogP contribution in [-0.2, 0) is 4.74 Å². The summed E-state index contributed by atoms with van der Waals surface area (Å²) in [5, 5.41) is 46.6. The van der Waals surface area contributed by atoms with Crippen LogP contribution < -0.4 is 9.51 Å². The first-order chi connectivity index (χ1) is 14.9. The van der Waals surface area contributed by atoms with E-state index >= 15 is 0 Å². The summed E-state index contributed by atoms with van der Waals surface area (Å²) in [5.74, 6) is -2.13. The van der Waals surface area contributed by atoms with E-state index in [0.29, 0.717) is 0 Å². The Bertz CT molecular complexity index is 1240. The number of esters is 1. The highest BCUT2D eigenvalue weighted by molar-refractivity contribution is 6.44. The molecule has 8 nitrogen and oxygen atoms in total. The molecule has 0 saturated carbocycles. The maximum absolute atomic E-state index is 12.1. The van der Waals surface area contributed by atoms with E-state index in [0.717, 1.165) is 5.52 Å². The molecular formula is C22H17Cl2N3O5. The molecule has 0 unspecified atom stereocenters. The molecule has 0 bridgehead atoms. The second kappa shape index (κ2) is 9.61. The van der Waals surface area contributed by atoms with Gasteiger partial charge >= 0.3 is 11.7 Å². The molecule has 0 saturated heterocycles. The normalized spacial score (nSPS) is 10.5. The van der Waals surface area contributed by atoms with E-state index in [1.807, 2.05) is 12.1 Å². The van der Waals surface area contributed by atoms with Crippen molar-refractivity contribution in [1.29, 1.82) is 10.5 Å². The summed E-state index contributed by atoms with van der Waals surface area (Å²) in [6.45, 7) is 5.37. The van der Waals surface area contributed by atoms with Gasteiger partial charge in [0.15, 0.2) is 17.7 Å². The van der Waals surface area contributed by atoms with Gasteiger partial charge < -0.3 is 20.1 Å². The highest BCUT2D eigenvalue weighted by Gasteiger charge is 2.29. The van der Waals surface area contributed by atoms with Gasteiger partial charge in [-0.25, -0.2) is 4.79 Å². The fourth-order valence-corrected chi connectivity index (χ4v) is 2.93. The molecule has 0 atom stereocenters. The number of nitrogens with zero attached hydrogens (tertiary/aromatic N) is 3. The van der Waals surface area contributed by atoms with Gasteiger partial charge in [0.1, 0.15) is 28.3 Å². The SMILES string of the molecule is CC(C)(C)OC(=O)c1c(O)ccc2cccc[n+]12.N#Cc1c([O-])c(Cl)c(Cl)c(O)c1C#N. The van der Waals surface area contributed by atoms with Crippen molar-refractivity contribution in [3.63, 3.8) is 0 Å². The van der Waals surface area contributed by atoms with Crippen LogP contribution in [0.3, 0.4) is 0 Å². The topological polar surface area (TPSA) is 142 Å². The number of phenolic OH excluding ortho intramolecular Hbond substituents is 1. The molecule has 2 N–H and O–H groups in total. The second-order valence-corrected chi connectivity index (χ2v) is 8.10. The zero-order valence-electron chi connectivity index (χ0n) is 17.2. The van der Waals surface area contributed by atoms with Crippen molar-refractivity contribution in [2.45, 2.75) is 26.4 Å². The molecule has 164 valence electrons. The van der Waals surface area contributed by atoms with Gasteiger partial charge in [-0.2, -0.15) is 14.9 Å². The van der Waals surface area contributed by atoms with Crippen molar-refractivity contribution in [3.05, 3.63) is 63.4 Å². The molecule has 0 radical (unpaired) electrons. The molecule has 0 amide bonds. The molecule has 2 heterocycles. The molecule has 0 spiro atoms. The third-order valence-electron chi connectivity index (χ3n) is 3.92. The van der Waals surface area contributed by atoms with Crippen LogP contribution in [0.2, 0.25) is 10.0 Å². The lowest BCUT2D eigenvalue weighted by Gasteiger charge is -2.18. The van der Waals surface area contributed by atoms with Crippen LogP contribution in [0.25, 0.3) is 5.52 Å². The van der Waals surface area contributed by atoms with Crippen molar-refractivity contribution in [2.75, 3.05) is 0 Å². The van der Waals surface area contributed by atoms with E-state index in [1.165, 1.54) is 18.2 Å². The zero-order chi connectivity index (χ0) is 24.2. The van der Waals surface area contributed by atoms with E-state index in [4.69, 9.17) is 38.5 Å². The Hall–Kier alpha value is -3.72. The van der Waals surface area contributed by atoms with Crippen LogP contribution in [0, 0.1) is 22.7 Å². The molecule has 2 aromatic heterocycles. The average molecular weight is 474 g/mol. The van der Waals surface area contributed by atoms with Gasteiger partial charge in [-0.05, 0) is 32.9 Å². The lowest BCUT2D eigenvalue weighted by molar-refractivity contribution is -0.516. The summed E-state index contributed by atoms with van der Waals surface area (Å²) in [6.07, 6.45) is 1.72. The molecule has 3 rings (SSSR count). The molecule has 32 heavy (non-hydrogen) atoms. The molecular weight excluding hydrogens is 457 g/mol. The summed E-state index contributed by atoms with van der Waals surface area (Å²) >= 11 is 10.9. The number of pyridine rings is 2. The fraction of sp³-hybridized carbons (Fsp3) is 0.182. The minimum absolute atomic E-state index is 0.0899. The van der Waals surface area contributed by atoms with Gasteiger partial charge in [0.05, 0.1) is 10.6 Å².